The van der Waals surface area contributed by atoms with Crippen LogP contribution in [0.5, 0.6) is 0 Å². The van der Waals surface area contributed by atoms with Gasteiger partial charge >= 0.3 is 0 Å². The van der Waals surface area contributed by atoms with Crippen LogP contribution < -0.4 is 11.1 Å². The Labute approximate surface area is 90.7 Å². The summed E-state index contributed by atoms with van der Waals surface area (Å²) in [6.45, 7) is 2.08. The molecular formula is C12H17N2O. The van der Waals surface area contributed by atoms with Gasteiger partial charge in [0, 0.05) is 11.8 Å². The summed E-state index contributed by atoms with van der Waals surface area (Å²) < 4.78 is 0. The Morgan fingerprint density at radius 1 is 1.60 bits per heavy atom. The first-order chi connectivity index (χ1) is 7.24. The van der Waals surface area contributed by atoms with Crippen LogP contribution >= 0.6 is 0 Å². The molecule has 3 N–H and O–H groups in total. The molecule has 1 amide bonds. The molecule has 3 nitrogen and oxygen atoms in total. The topological polar surface area (TPSA) is 55.1 Å². The maximum atomic E-state index is 11.6. The van der Waals surface area contributed by atoms with Gasteiger partial charge in [0.2, 0.25) is 5.91 Å². The molecule has 0 aliphatic heterocycles. The molecule has 0 bridgehead atoms. The van der Waals surface area contributed by atoms with Gasteiger partial charge in [0.1, 0.15) is 0 Å². The van der Waals surface area contributed by atoms with E-state index < -0.39 is 6.04 Å². The second kappa shape index (κ2) is 6.19. The third-order valence-corrected chi connectivity index (χ3v) is 2.17. The summed E-state index contributed by atoms with van der Waals surface area (Å²) in [4.78, 5) is 11.6. The normalized spacial score (nSPS) is 12.1. The fraction of sp³-hybridized carbons (Fsp3) is 0.417. The fourth-order valence-corrected chi connectivity index (χ4v) is 1.25. The predicted octanol–water partition coefficient (Wildman–Crippen LogP) is 1.94. The number of hydrogen-bond donors (Lipinski definition) is 2. The van der Waals surface area contributed by atoms with Crippen LogP contribution in [-0.4, -0.2) is 11.9 Å². The maximum Gasteiger partial charge on any atom is 0.241 e. The number of amides is 1. The van der Waals surface area contributed by atoms with Gasteiger partial charge in [-0.1, -0.05) is 38.0 Å². The van der Waals surface area contributed by atoms with Crippen molar-refractivity contribution in [3.05, 3.63) is 30.3 Å². The molecule has 3 heteroatoms. The monoisotopic (exact) mass is 205 g/mol. The van der Waals surface area contributed by atoms with Gasteiger partial charge in [0.25, 0.3) is 0 Å². The molecule has 1 rings (SSSR count). The van der Waals surface area contributed by atoms with Crippen LogP contribution in [0, 0.1) is 6.07 Å². The number of para-hydroxylation sites is 1. The van der Waals surface area contributed by atoms with E-state index in [2.05, 4.69) is 18.3 Å². The van der Waals surface area contributed by atoms with Gasteiger partial charge in [-0.2, -0.15) is 0 Å². The van der Waals surface area contributed by atoms with Gasteiger partial charge in [-0.25, -0.2) is 0 Å². The van der Waals surface area contributed by atoms with Crippen LogP contribution in [-0.2, 0) is 4.79 Å². The summed E-state index contributed by atoms with van der Waals surface area (Å²) in [7, 11) is 0. The molecule has 0 aliphatic carbocycles. The van der Waals surface area contributed by atoms with Crippen LogP contribution in [0.1, 0.15) is 26.2 Å². The highest BCUT2D eigenvalue weighted by molar-refractivity contribution is 5.94. The Morgan fingerprint density at radius 3 is 3.00 bits per heavy atom. The van der Waals surface area contributed by atoms with E-state index in [0.29, 0.717) is 5.69 Å². The molecule has 1 unspecified atom stereocenters. The van der Waals surface area contributed by atoms with Crippen LogP contribution in [0.25, 0.3) is 0 Å². The van der Waals surface area contributed by atoms with E-state index >= 15 is 0 Å². The molecular weight excluding hydrogens is 188 g/mol. The van der Waals surface area contributed by atoms with Crippen molar-refractivity contribution in [3.63, 3.8) is 0 Å². The van der Waals surface area contributed by atoms with Gasteiger partial charge < -0.3 is 11.1 Å². The Hall–Kier alpha value is -1.35. The molecule has 0 saturated carbocycles. The largest absolute Gasteiger partial charge is 0.324 e. The van der Waals surface area contributed by atoms with E-state index in [0.717, 1.165) is 19.3 Å². The van der Waals surface area contributed by atoms with E-state index in [1.165, 1.54) is 0 Å². The van der Waals surface area contributed by atoms with Crippen LogP contribution in [0.3, 0.4) is 0 Å². The molecule has 0 heterocycles. The highest BCUT2D eigenvalue weighted by Crippen LogP contribution is 2.06. The summed E-state index contributed by atoms with van der Waals surface area (Å²) in [5, 5.41) is 2.73. The number of carbonyl (C=O) groups is 1. The summed E-state index contributed by atoms with van der Waals surface area (Å²) >= 11 is 0. The summed E-state index contributed by atoms with van der Waals surface area (Å²) in [6, 6.07) is 9.76. The molecule has 0 fully saturated rings. The zero-order valence-electron chi connectivity index (χ0n) is 8.99. The molecule has 1 aromatic carbocycles. The molecule has 15 heavy (non-hydrogen) atoms. The fourth-order valence-electron chi connectivity index (χ4n) is 1.25. The lowest BCUT2D eigenvalue weighted by molar-refractivity contribution is -0.117. The number of nitrogens with one attached hydrogen (secondary N) is 1. The Balaban J connectivity index is 2.42. The summed E-state index contributed by atoms with van der Waals surface area (Å²) in [6.07, 6.45) is 2.76. The van der Waals surface area contributed by atoms with Gasteiger partial charge in [0.05, 0.1) is 6.04 Å². The van der Waals surface area contributed by atoms with Gasteiger partial charge in [0.15, 0.2) is 0 Å². The molecule has 0 aromatic heterocycles. The Kier molecular flexibility index (Phi) is 4.84. The summed E-state index contributed by atoms with van der Waals surface area (Å²) in [5.74, 6) is -0.133. The summed E-state index contributed by atoms with van der Waals surface area (Å²) in [5.41, 5.74) is 6.40. The average Bonchev–Trinajstić information content (AvgIpc) is 2.27. The molecule has 81 valence electrons. The van der Waals surface area contributed by atoms with Crippen molar-refractivity contribution in [1.82, 2.24) is 0 Å². The first-order valence-electron chi connectivity index (χ1n) is 5.27. The molecule has 1 radical (unpaired) electrons. The number of rotatable bonds is 5. The van der Waals surface area contributed by atoms with Crippen molar-refractivity contribution in [3.8, 4) is 0 Å². The number of anilines is 1. The van der Waals surface area contributed by atoms with Crippen molar-refractivity contribution >= 4 is 11.6 Å². The Morgan fingerprint density at radius 2 is 2.40 bits per heavy atom. The zero-order chi connectivity index (χ0) is 11.1. The molecule has 1 atom stereocenters. The predicted molar refractivity (Wildman–Crippen MR) is 61.4 cm³/mol. The Bertz CT molecular complexity index is 298. The number of unbranched alkanes of at least 4 members (excludes halogenated alkanes) is 1. The quantitative estimate of drug-likeness (QED) is 0.771. The van der Waals surface area contributed by atoms with Crippen molar-refractivity contribution in [2.24, 2.45) is 5.73 Å². The van der Waals surface area contributed by atoms with Gasteiger partial charge in [-0.15, -0.1) is 0 Å². The van der Waals surface area contributed by atoms with Crippen molar-refractivity contribution in [2.75, 3.05) is 5.32 Å². The van der Waals surface area contributed by atoms with Crippen LogP contribution in [0.4, 0.5) is 5.69 Å². The third-order valence-electron chi connectivity index (χ3n) is 2.17. The maximum absolute atomic E-state index is 11.6. The number of carbonyl (C=O) groups excluding carboxylic acids is 1. The van der Waals surface area contributed by atoms with Gasteiger partial charge in [-0.05, 0) is 12.5 Å². The smallest absolute Gasteiger partial charge is 0.241 e. The standard InChI is InChI=1S/C12H17N2O/c1-2-3-9-11(13)12(15)14-10-7-5-4-6-8-10/h4-7,11H,2-3,9,13H2,1H3,(H,14,15). The molecule has 0 spiro atoms. The van der Waals surface area contributed by atoms with E-state index in [-0.39, 0.29) is 5.91 Å². The number of nitrogens with two attached hydrogens (primary N) is 1. The lowest BCUT2D eigenvalue weighted by Crippen LogP contribution is -2.35. The second-order valence-corrected chi connectivity index (χ2v) is 3.51. The van der Waals surface area contributed by atoms with E-state index in [4.69, 9.17) is 5.73 Å². The molecule has 0 aliphatic rings. The molecule has 0 saturated heterocycles. The van der Waals surface area contributed by atoms with Crippen LogP contribution in [0.2, 0.25) is 0 Å². The van der Waals surface area contributed by atoms with Crippen LogP contribution in [0.15, 0.2) is 24.3 Å². The van der Waals surface area contributed by atoms with Gasteiger partial charge in [-0.3, -0.25) is 4.79 Å². The highest BCUT2D eigenvalue weighted by Gasteiger charge is 2.12. The zero-order valence-corrected chi connectivity index (χ0v) is 8.99. The molecule has 1 aromatic rings. The third kappa shape index (κ3) is 4.13. The second-order valence-electron chi connectivity index (χ2n) is 3.51. The van der Waals surface area contributed by atoms with E-state index in [9.17, 15) is 4.79 Å². The minimum atomic E-state index is -0.418. The number of hydrogen-bond acceptors (Lipinski definition) is 2. The SMILES string of the molecule is CCCCC(N)C(=O)Nc1[c]cccc1. The van der Waals surface area contributed by atoms with E-state index in [1.54, 1.807) is 12.1 Å². The first-order valence-corrected chi connectivity index (χ1v) is 5.27. The van der Waals surface area contributed by atoms with E-state index in [1.807, 2.05) is 12.1 Å². The van der Waals surface area contributed by atoms with Crippen molar-refractivity contribution in [1.29, 1.82) is 0 Å². The first kappa shape index (κ1) is 11.7. The minimum Gasteiger partial charge on any atom is -0.324 e. The lowest BCUT2D eigenvalue weighted by atomic mass is 10.1. The minimum absolute atomic E-state index is 0.133. The lowest BCUT2D eigenvalue weighted by Gasteiger charge is -2.11. The highest BCUT2D eigenvalue weighted by atomic mass is 16.2. The average molecular weight is 205 g/mol. The van der Waals surface area contributed by atoms with Crippen molar-refractivity contribution in [2.45, 2.75) is 32.2 Å². The number of benzene rings is 1. The van der Waals surface area contributed by atoms with Crippen molar-refractivity contribution < 1.29 is 4.79 Å².